The SMILES string of the molecule is C=C/C=C\C[C@@H](CC)[C@H](C)N(C)C(Cl)=NC(=N)c1cccc(-c2ccccc2)c1. The Morgan fingerprint density at radius 1 is 1.17 bits per heavy atom. The molecule has 3 nitrogen and oxygen atoms in total. The van der Waals surface area contributed by atoms with E-state index >= 15 is 0 Å². The van der Waals surface area contributed by atoms with Gasteiger partial charge in [-0.05, 0) is 48.1 Å². The van der Waals surface area contributed by atoms with Crippen LogP contribution in [0.4, 0.5) is 0 Å². The second kappa shape index (κ2) is 11.4. The zero-order valence-corrected chi connectivity index (χ0v) is 18.2. The molecule has 0 aliphatic carbocycles. The Bertz CT molecular complexity index is 871. The molecule has 2 aromatic carbocycles. The number of rotatable bonds is 8. The molecule has 1 N–H and O–H groups in total. The third-order valence-electron chi connectivity index (χ3n) is 5.27. The summed E-state index contributed by atoms with van der Waals surface area (Å²) in [6.07, 6.45) is 7.89. The fourth-order valence-corrected chi connectivity index (χ4v) is 3.49. The lowest BCUT2D eigenvalue weighted by Crippen LogP contribution is -2.38. The van der Waals surface area contributed by atoms with E-state index in [4.69, 9.17) is 17.0 Å². The largest absolute Gasteiger partial charge is 0.347 e. The van der Waals surface area contributed by atoms with Crippen molar-refractivity contribution in [2.75, 3.05) is 7.05 Å². The van der Waals surface area contributed by atoms with Crippen molar-refractivity contribution in [1.82, 2.24) is 4.90 Å². The third-order valence-corrected chi connectivity index (χ3v) is 5.62. The van der Waals surface area contributed by atoms with Gasteiger partial charge in [0.05, 0.1) is 0 Å². The predicted molar refractivity (Wildman–Crippen MR) is 127 cm³/mol. The summed E-state index contributed by atoms with van der Waals surface area (Å²) in [7, 11) is 1.93. The lowest BCUT2D eigenvalue weighted by atomic mass is 9.93. The van der Waals surface area contributed by atoms with E-state index in [-0.39, 0.29) is 11.9 Å². The zero-order valence-electron chi connectivity index (χ0n) is 17.5. The van der Waals surface area contributed by atoms with Gasteiger partial charge in [0.15, 0.2) is 5.84 Å². The van der Waals surface area contributed by atoms with Crippen molar-refractivity contribution in [2.24, 2.45) is 10.9 Å². The molecule has 29 heavy (non-hydrogen) atoms. The minimum atomic E-state index is 0.159. The number of benzene rings is 2. The molecule has 0 heterocycles. The molecule has 0 bridgehead atoms. The van der Waals surface area contributed by atoms with Crippen LogP contribution in [0.1, 0.15) is 32.3 Å². The van der Waals surface area contributed by atoms with Gasteiger partial charge in [0.25, 0.3) is 0 Å². The van der Waals surface area contributed by atoms with Gasteiger partial charge in [-0.15, -0.1) is 0 Å². The van der Waals surface area contributed by atoms with Crippen molar-refractivity contribution in [3.63, 3.8) is 0 Å². The van der Waals surface area contributed by atoms with Crippen LogP contribution in [0.15, 0.2) is 84.4 Å². The summed E-state index contributed by atoms with van der Waals surface area (Å²) in [4.78, 5) is 6.32. The Balaban J connectivity index is 2.15. The monoisotopic (exact) mass is 407 g/mol. The molecule has 0 saturated heterocycles. The summed E-state index contributed by atoms with van der Waals surface area (Å²) in [5.74, 6) is 0.599. The molecule has 0 aromatic heterocycles. The third kappa shape index (κ3) is 6.43. The number of amidine groups is 2. The van der Waals surface area contributed by atoms with Crippen molar-refractivity contribution < 1.29 is 0 Å². The quantitative estimate of drug-likeness (QED) is 0.223. The van der Waals surface area contributed by atoms with Crippen molar-refractivity contribution in [3.8, 4) is 11.1 Å². The van der Waals surface area contributed by atoms with E-state index in [1.807, 2.05) is 60.5 Å². The molecule has 0 aliphatic rings. The average molecular weight is 408 g/mol. The normalized spacial score (nSPS) is 13.9. The minimum absolute atomic E-state index is 0.159. The highest BCUT2D eigenvalue weighted by atomic mass is 35.5. The van der Waals surface area contributed by atoms with Crippen molar-refractivity contribution in [2.45, 2.75) is 32.7 Å². The smallest absolute Gasteiger partial charge is 0.200 e. The van der Waals surface area contributed by atoms with Gasteiger partial charge in [-0.3, -0.25) is 5.41 Å². The van der Waals surface area contributed by atoms with Crippen LogP contribution < -0.4 is 0 Å². The van der Waals surface area contributed by atoms with Crippen molar-refractivity contribution in [1.29, 1.82) is 5.41 Å². The number of nitrogens with zero attached hydrogens (tertiary/aromatic N) is 2. The van der Waals surface area contributed by atoms with Crippen LogP contribution in [0.5, 0.6) is 0 Å². The summed E-state index contributed by atoms with van der Waals surface area (Å²) >= 11 is 6.49. The van der Waals surface area contributed by atoms with Crippen LogP contribution in [0, 0.1) is 11.3 Å². The first-order valence-corrected chi connectivity index (χ1v) is 10.3. The zero-order chi connectivity index (χ0) is 21.2. The lowest BCUT2D eigenvalue weighted by molar-refractivity contribution is 0.275. The van der Waals surface area contributed by atoms with E-state index in [1.165, 1.54) is 0 Å². The molecule has 4 heteroatoms. The number of hydrogen-bond donors (Lipinski definition) is 1. The van der Waals surface area contributed by atoms with E-state index in [0.29, 0.717) is 11.2 Å². The van der Waals surface area contributed by atoms with Gasteiger partial charge in [-0.1, -0.05) is 86.7 Å². The fourth-order valence-electron chi connectivity index (χ4n) is 3.25. The Morgan fingerprint density at radius 2 is 1.86 bits per heavy atom. The summed E-state index contributed by atoms with van der Waals surface area (Å²) in [5.41, 5.74) is 2.91. The molecule has 0 saturated carbocycles. The number of nitrogens with one attached hydrogen (secondary N) is 1. The van der Waals surface area contributed by atoms with Crippen molar-refractivity contribution >= 4 is 22.7 Å². The van der Waals surface area contributed by atoms with Gasteiger partial charge in [-0.2, -0.15) is 0 Å². The molecule has 0 spiro atoms. The van der Waals surface area contributed by atoms with Gasteiger partial charge >= 0.3 is 0 Å². The molecule has 0 fully saturated rings. The van der Waals surface area contributed by atoms with E-state index < -0.39 is 0 Å². The van der Waals surface area contributed by atoms with E-state index in [0.717, 1.165) is 29.5 Å². The molecular weight excluding hydrogens is 378 g/mol. The fraction of sp³-hybridized carbons (Fsp3) is 0.280. The standard InChI is InChI=1S/C25H30ClN3/c1-5-7-9-13-20(6-2)19(3)29(4)25(26)28-24(27)23-17-12-16-22(18-23)21-14-10-8-11-15-21/h5,7-12,14-20,27H,1,6,13H2,2-4H3/b9-7-,27-24?,28-25?/t19-,20+/m0/s1. The van der Waals surface area contributed by atoms with Crippen LogP contribution in [0.25, 0.3) is 11.1 Å². The van der Waals surface area contributed by atoms with Crippen LogP contribution in [-0.4, -0.2) is 29.1 Å². The predicted octanol–water partition coefficient (Wildman–Crippen LogP) is 6.75. The second-order valence-corrected chi connectivity index (χ2v) is 7.43. The summed E-state index contributed by atoms with van der Waals surface area (Å²) in [6, 6.07) is 18.2. The Hall–Kier alpha value is -2.65. The highest BCUT2D eigenvalue weighted by Crippen LogP contribution is 2.22. The Morgan fingerprint density at radius 3 is 2.52 bits per heavy atom. The maximum atomic E-state index is 8.42. The summed E-state index contributed by atoms with van der Waals surface area (Å²) in [5, 5.41) is 8.75. The average Bonchev–Trinajstić information content (AvgIpc) is 2.76. The topological polar surface area (TPSA) is 39.5 Å². The molecule has 0 unspecified atom stereocenters. The van der Waals surface area contributed by atoms with Gasteiger partial charge in [0, 0.05) is 18.7 Å². The number of allylic oxidation sites excluding steroid dienone is 3. The van der Waals surface area contributed by atoms with Gasteiger partial charge in [0.1, 0.15) is 0 Å². The minimum Gasteiger partial charge on any atom is -0.347 e. The highest BCUT2D eigenvalue weighted by Gasteiger charge is 2.21. The first kappa shape index (κ1) is 22.6. The second-order valence-electron chi connectivity index (χ2n) is 7.10. The van der Waals surface area contributed by atoms with Gasteiger partial charge < -0.3 is 4.90 Å². The first-order valence-electron chi connectivity index (χ1n) is 9.96. The maximum absolute atomic E-state index is 8.42. The van der Waals surface area contributed by atoms with Crippen molar-refractivity contribution in [3.05, 3.63) is 85.0 Å². The molecule has 2 atom stereocenters. The van der Waals surface area contributed by atoms with Crippen LogP contribution in [0.3, 0.4) is 0 Å². The molecule has 2 rings (SSSR count). The Kier molecular flexibility index (Phi) is 8.88. The molecular formula is C25H30ClN3. The van der Waals surface area contributed by atoms with Crippen LogP contribution >= 0.6 is 11.6 Å². The van der Waals surface area contributed by atoms with E-state index in [1.54, 1.807) is 6.08 Å². The van der Waals surface area contributed by atoms with Gasteiger partial charge in [-0.25, -0.2) is 4.99 Å². The highest BCUT2D eigenvalue weighted by molar-refractivity contribution is 6.65. The van der Waals surface area contributed by atoms with Crippen LogP contribution in [0.2, 0.25) is 0 Å². The molecule has 2 aromatic rings. The molecule has 0 aliphatic heterocycles. The molecule has 152 valence electrons. The molecule has 0 amide bonds. The van der Waals surface area contributed by atoms with Crippen LogP contribution in [-0.2, 0) is 0 Å². The Labute approximate surface area is 179 Å². The summed E-state index contributed by atoms with van der Waals surface area (Å²) in [6.45, 7) is 8.04. The number of halogens is 1. The first-order chi connectivity index (χ1) is 14.0. The number of aliphatic imine (C=N–C) groups is 1. The van der Waals surface area contributed by atoms with E-state index in [9.17, 15) is 0 Å². The van der Waals surface area contributed by atoms with Gasteiger partial charge in [0.2, 0.25) is 5.29 Å². The molecule has 0 radical (unpaired) electrons. The maximum Gasteiger partial charge on any atom is 0.200 e. The lowest BCUT2D eigenvalue weighted by Gasteiger charge is -2.31. The summed E-state index contributed by atoms with van der Waals surface area (Å²) < 4.78 is 0. The van der Waals surface area contributed by atoms with E-state index in [2.05, 4.69) is 43.6 Å². The number of hydrogen-bond acceptors (Lipinski definition) is 1.